The highest BCUT2D eigenvalue weighted by Crippen LogP contribution is 2.18. The summed E-state index contributed by atoms with van der Waals surface area (Å²) in [5.74, 6) is 0.811. The molecule has 0 radical (unpaired) electrons. The van der Waals surface area contributed by atoms with Crippen molar-refractivity contribution in [2.45, 2.75) is 25.1 Å². The highest BCUT2D eigenvalue weighted by molar-refractivity contribution is 9.08. The van der Waals surface area contributed by atoms with Crippen LogP contribution in [0.15, 0.2) is 24.3 Å². The molecule has 1 aromatic carbocycles. The monoisotopic (exact) mass is 295 g/mol. The number of hydrogen-bond donors (Lipinski definition) is 0. The van der Waals surface area contributed by atoms with Gasteiger partial charge in [0.15, 0.2) is 0 Å². The second-order valence-corrected chi connectivity index (χ2v) is 5.39. The molecule has 0 aromatic heterocycles. The van der Waals surface area contributed by atoms with Crippen LogP contribution >= 0.6 is 15.9 Å². The van der Waals surface area contributed by atoms with E-state index in [2.05, 4.69) is 22.9 Å². The lowest BCUT2D eigenvalue weighted by molar-refractivity contribution is 0.0683. The molecule has 1 fully saturated rings. The quantitative estimate of drug-likeness (QED) is 0.765. The number of carbonyl (C=O) groups is 1. The maximum atomic E-state index is 12.3. The lowest BCUT2D eigenvalue weighted by Gasteiger charge is -2.31. The molecule has 1 atom stereocenters. The molecule has 0 bridgehead atoms. The molecule has 0 aliphatic carbocycles. The second-order valence-electron chi connectivity index (χ2n) is 4.83. The van der Waals surface area contributed by atoms with Gasteiger partial charge in [0.1, 0.15) is 0 Å². The molecule has 1 unspecified atom stereocenters. The van der Waals surface area contributed by atoms with Crippen molar-refractivity contribution >= 4 is 21.8 Å². The van der Waals surface area contributed by atoms with E-state index in [0.29, 0.717) is 5.92 Å². The molecule has 1 aromatic rings. The normalized spacial score (nSPS) is 20.4. The van der Waals surface area contributed by atoms with Crippen LogP contribution in [0.5, 0.6) is 0 Å². The Morgan fingerprint density at radius 2 is 2.35 bits per heavy atom. The molecule has 0 N–H and O–H groups in total. The fourth-order valence-corrected chi connectivity index (χ4v) is 2.69. The van der Waals surface area contributed by atoms with Gasteiger partial charge in [-0.05, 0) is 36.5 Å². The number of halogens is 1. The first-order valence-electron chi connectivity index (χ1n) is 6.15. The zero-order valence-electron chi connectivity index (χ0n) is 10.2. The van der Waals surface area contributed by atoms with E-state index in [1.807, 2.05) is 29.2 Å². The maximum absolute atomic E-state index is 12.3. The molecule has 1 aliphatic heterocycles. The standard InChI is InChI=1S/C14H18BrNO/c1-11-4-3-7-16(10-11)14(17)13-6-2-5-12(8-13)9-15/h2,5-6,8,11H,3-4,7,9-10H2,1H3. The van der Waals surface area contributed by atoms with E-state index in [-0.39, 0.29) is 5.91 Å². The van der Waals surface area contributed by atoms with E-state index >= 15 is 0 Å². The third kappa shape index (κ3) is 3.09. The van der Waals surface area contributed by atoms with E-state index in [1.54, 1.807) is 0 Å². The number of carbonyl (C=O) groups excluding carboxylic acids is 1. The van der Waals surface area contributed by atoms with Crippen LogP contribution in [-0.4, -0.2) is 23.9 Å². The molecule has 2 nitrogen and oxygen atoms in total. The second kappa shape index (κ2) is 5.67. The number of rotatable bonds is 2. The maximum Gasteiger partial charge on any atom is 0.253 e. The molecule has 0 spiro atoms. The van der Waals surface area contributed by atoms with Gasteiger partial charge in [-0.15, -0.1) is 0 Å². The van der Waals surface area contributed by atoms with Crippen LogP contribution < -0.4 is 0 Å². The molecular weight excluding hydrogens is 278 g/mol. The fourth-order valence-electron chi connectivity index (χ4n) is 2.34. The fraction of sp³-hybridized carbons (Fsp3) is 0.500. The molecule has 1 amide bonds. The first kappa shape index (κ1) is 12.6. The Kier molecular flexibility index (Phi) is 4.21. The van der Waals surface area contributed by atoms with Gasteiger partial charge in [0.05, 0.1) is 0 Å². The van der Waals surface area contributed by atoms with Crippen molar-refractivity contribution in [2.75, 3.05) is 13.1 Å². The lowest BCUT2D eigenvalue weighted by atomic mass is 9.99. The van der Waals surface area contributed by atoms with E-state index in [1.165, 1.54) is 6.42 Å². The smallest absolute Gasteiger partial charge is 0.253 e. The SMILES string of the molecule is CC1CCCN(C(=O)c2cccc(CBr)c2)C1. The van der Waals surface area contributed by atoms with Gasteiger partial charge in [0, 0.05) is 24.0 Å². The molecule has 1 saturated heterocycles. The van der Waals surface area contributed by atoms with Gasteiger partial charge in [0.25, 0.3) is 5.91 Å². The Morgan fingerprint density at radius 1 is 1.53 bits per heavy atom. The van der Waals surface area contributed by atoms with Crippen LogP contribution in [-0.2, 0) is 5.33 Å². The highest BCUT2D eigenvalue weighted by Gasteiger charge is 2.21. The minimum absolute atomic E-state index is 0.180. The summed E-state index contributed by atoms with van der Waals surface area (Å²) in [6, 6.07) is 7.88. The predicted molar refractivity (Wildman–Crippen MR) is 73.4 cm³/mol. The van der Waals surface area contributed by atoms with Crippen LogP contribution in [0.3, 0.4) is 0 Å². The average molecular weight is 296 g/mol. The topological polar surface area (TPSA) is 20.3 Å². The Morgan fingerprint density at radius 3 is 3.06 bits per heavy atom. The van der Waals surface area contributed by atoms with Crippen molar-refractivity contribution < 1.29 is 4.79 Å². The zero-order valence-corrected chi connectivity index (χ0v) is 11.7. The van der Waals surface area contributed by atoms with Gasteiger partial charge >= 0.3 is 0 Å². The van der Waals surface area contributed by atoms with Crippen molar-refractivity contribution in [3.8, 4) is 0 Å². The predicted octanol–water partition coefficient (Wildman–Crippen LogP) is 3.45. The lowest BCUT2D eigenvalue weighted by Crippen LogP contribution is -2.39. The van der Waals surface area contributed by atoms with Crippen molar-refractivity contribution in [3.05, 3.63) is 35.4 Å². The summed E-state index contributed by atoms with van der Waals surface area (Å²) >= 11 is 3.42. The molecule has 3 heteroatoms. The van der Waals surface area contributed by atoms with Crippen LogP contribution in [0.2, 0.25) is 0 Å². The Bertz CT molecular complexity index is 405. The number of nitrogens with zero attached hydrogens (tertiary/aromatic N) is 1. The number of piperidine rings is 1. The number of hydrogen-bond acceptors (Lipinski definition) is 1. The van der Waals surface area contributed by atoms with E-state index < -0.39 is 0 Å². The minimum atomic E-state index is 0.180. The molecule has 1 heterocycles. The van der Waals surface area contributed by atoms with Crippen LogP contribution in [0.1, 0.15) is 35.7 Å². The summed E-state index contributed by atoms with van der Waals surface area (Å²) in [7, 11) is 0. The van der Waals surface area contributed by atoms with Crippen LogP contribution in [0.4, 0.5) is 0 Å². The Hall–Kier alpha value is -0.830. The van der Waals surface area contributed by atoms with Gasteiger partial charge < -0.3 is 4.90 Å². The molecule has 1 aliphatic rings. The number of amides is 1. The summed E-state index contributed by atoms with van der Waals surface area (Å²) in [4.78, 5) is 14.3. The average Bonchev–Trinajstić information content (AvgIpc) is 2.38. The van der Waals surface area contributed by atoms with Crippen LogP contribution in [0, 0.1) is 5.92 Å². The van der Waals surface area contributed by atoms with E-state index in [0.717, 1.165) is 36.0 Å². The minimum Gasteiger partial charge on any atom is -0.338 e. The Labute approximate surface area is 111 Å². The van der Waals surface area contributed by atoms with Crippen molar-refractivity contribution in [2.24, 2.45) is 5.92 Å². The van der Waals surface area contributed by atoms with Gasteiger partial charge in [-0.3, -0.25) is 4.79 Å². The summed E-state index contributed by atoms with van der Waals surface area (Å²) in [6.07, 6.45) is 2.37. The number of alkyl halides is 1. The Balaban J connectivity index is 2.12. The molecule has 17 heavy (non-hydrogen) atoms. The van der Waals surface area contributed by atoms with Crippen LogP contribution in [0.25, 0.3) is 0 Å². The van der Waals surface area contributed by atoms with E-state index in [9.17, 15) is 4.79 Å². The zero-order chi connectivity index (χ0) is 12.3. The first-order chi connectivity index (χ1) is 8.20. The molecule has 92 valence electrons. The number of benzene rings is 1. The molecular formula is C14H18BrNO. The van der Waals surface area contributed by atoms with Crippen molar-refractivity contribution in [1.82, 2.24) is 4.90 Å². The van der Waals surface area contributed by atoms with Crippen molar-refractivity contribution in [3.63, 3.8) is 0 Å². The van der Waals surface area contributed by atoms with Gasteiger partial charge in [-0.25, -0.2) is 0 Å². The first-order valence-corrected chi connectivity index (χ1v) is 7.27. The summed E-state index contributed by atoms with van der Waals surface area (Å²) in [5, 5.41) is 0.796. The third-order valence-corrected chi connectivity index (χ3v) is 3.92. The van der Waals surface area contributed by atoms with E-state index in [4.69, 9.17) is 0 Å². The number of likely N-dealkylation sites (tertiary alicyclic amines) is 1. The third-order valence-electron chi connectivity index (χ3n) is 3.27. The molecule has 0 saturated carbocycles. The summed E-state index contributed by atoms with van der Waals surface area (Å²) < 4.78 is 0. The molecule has 2 rings (SSSR count). The highest BCUT2D eigenvalue weighted by atomic mass is 79.9. The summed E-state index contributed by atoms with van der Waals surface area (Å²) in [6.45, 7) is 4.02. The largest absolute Gasteiger partial charge is 0.338 e. The van der Waals surface area contributed by atoms with Gasteiger partial charge in [-0.1, -0.05) is 35.0 Å². The van der Waals surface area contributed by atoms with Gasteiger partial charge in [-0.2, -0.15) is 0 Å². The van der Waals surface area contributed by atoms with Crippen molar-refractivity contribution in [1.29, 1.82) is 0 Å². The van der Waals surface area contributed by atoms with Gasteiger partial charge in [0.2, 0.25) is 0 Å². The summed E-state index contributed by atoms with van der Waals surface area (Å²) in [5.41, 5.74) is 1.97.